The minimum atomic E-state index is -4.12. The van der Waals surface area contributed by atoms with Crippen molar-refractivity contribution in [2.75, 3.05) is 45.5 Å². The molecule has 1 heterocycles. The zero-order valence-corrected chi connectivity index (χ0v) is 16.2. The van der Waals surface area contributed by atoms with E-state index in [0.29, 0.717) is 25.6 Å². The zero-order chi connectivity index (χ0) is 19.0. The molecule has 0 aliphatic carbocycles. The Labute approximate surface area is 161 Å². The Morgan fingerprint density at radius 2 is 2.04 bits per heavy atom. The van der Waals surface area contributed by atoms with Crippen LogP contribution in [0.4, 0.5) is 13.2 Å². The van der Waals surface area contributed by atoms with Crippen molar-refractivity contribution < 1.29 is 13.2 Å². The van der Waals surface area contributed by atoms with Crippen LogP contribution in [-0.2, 0) is 0 Å². The predicted octanol–water partition coefficient (Wildman–Crippen LogP) is 3.48. The van der Waals surface area contributed by atoms with Gasteiger partial charge in [0.15, 0.2) is 5.96 Å². The normalized spacial score (nSPS) is 19.0. The van der Waals surface area contributed by atoms with E-state index in [-0.39, 0.29) is 5.92 Å². The van der Waals surface area contributed by atoms with Crippen molar-refractivity contribution in [2.45, 2.75) is 17.5 Å². The van der Waals surface area contributed by atoms with E-state index < -0.39 is 12.7 Å². The van der Waals surface area contributed by atoms with Crippen molar-refractivity contribution in [1.29, 1.82) is 0 Å². The number of nitrogens with zero attached hydrogens (tertiary/aromatic N) is 2. The van der Waals surface area contributed by atoms with Gasteiger partial charge in [-0.2, -0.15) is 13.2 Å². The standard InChI is InChI=1S/C17H24ClF3N4S/c1-22-16(23-7-9-26-15-4-2-14(18)3-5-15)24-10-13-6-8-25(11-13)12-17(19,20)21/h2-5,13H,6-12H2,1H3,(H2,22,23,24). The summed E-state index contributed by atoms with van der Waals surface area (Å²) in [4.78, 5) is 6.77. The molecule has 0 bridgehead atoms. The first-order chi connectivity index (χ1) is 12.4. The lowest BCUT2D eigenvalue weighted by atomic mass is 10.1. The molecule has 4 nitrogen and oxygen atoms in total. The lowest BCUT2D eigenvalue weighted by Gasteiger charge is -2.18. The second-order valence-electron chi connectivity index (χ2n) is 6.19. The smallest absolute Gasteiger partial charge is 0.356 e. The summed E-state index contributed by atoms with van der Waals surface area (Å²) in [5.74, 6) is 1.75. The van der Waals surface area contributed by atoms with Crippen molar-refractivity contribution in [3.05, 3.63) is 29.3 Å². The van der Waals surface area contributed by atoms with E-state index >= 15 is 0 Å². The molecule has 0 radical (unpaired) electrons. The highest BCUT2D eigenvalue weighted by Crippen LogP contribution is 2.22. The number of likely N-dealkylation sites (tertiary alicyclic amines) is 1. The predicted molar refractivity (Wildman–Crippen MR) is 102 cm³/mol. The van der Waals surface area contributed by atoms with E-state index in [0.717, 1.165) is 28.6 Å². The van der Waals surface area contributed by atoms with Gasteiger partial charge in [-0.25, -0.2) is 0 Å². The van der Waals surface area contributed by atoms with Crippen molar-refractivity contribution in [3.8, 4) is 0 Å². The molecule has 1 aromatic carbocycles. The van der Waals surface area contributed by atoms with Crippen molar-refractivity contribution >= 4 is 29.3 Å². The van der Waals surface area contributed by atoms with Crippen LogP contribution in [0.5, 0.6) is 0 Å². The fourth-order valence-corrected chi connectivity index (χ4v) is 3.70. The highest BCUT2D eigenvalue weighted by molar-refractivity contribution is 7.99. The fraction of sp³-hybridized carbons (Fsp3) is 0.588. The molecule has 1 saturated heterocycles. The second-order valence-corrected chi connectivity index (χ2v) is 7.79. The van der Waals surface area contributed by atoms with E-state index in [4.69, 9.17) is 11.6 Å². The minimum Gasteiger partial charge on any atom is -0.356 e. The van der Waals surface area contributed by atoms with Gasteiger partial charge >= 0.3 is 6.18 Å². The second kappa shape index (κ2) is 10.3. The highest BCUT2D eigenvalue weighted by Gasteiger charge is 2.34. The van der Waals surface area contributed by atoms with Crippen LogP contribution in [0.25, 0.3) is 0 Å². The van der Waals surface area contributed by atoms with Gasteiger partial charge < -0.3 is 10.6 Å². The molecule has 2 N–H and O–H groups in total. The third-order valence-corrected chi connectivity index (χ3v) is 5.30. The number of aliphatic imine (C=N–C) groups is 1. The molecule has 0 amide bonds. The first-order valence-corrected chi connectivity index (χ1v) is 9.84. The molecule has 0 aromatic heterocycles. The number of hydrogen-bond donors (Lipinski definition) is 2. The van der Waals surface area contributed by atoms with Crippen molar-refractivity contribution in [2.24, 2.45) is 10.9 Å². The largest absolute Gasteiger partial charge is 0.401 e. The molecule has 0 spiro atoms. The van der Waals surface area contributed by atoms with E-state index in [9.17, 15) is 13.2 Å². The molecule has 26 heavy (non-hydrogen) atoms. The topological polar surface area (TPSA) is 39.7 Å². The first kappa shape index (κ1) is 21.2. The summed E-state index contributed by atoms with van der Waals surface area (Å²) in [6, 6.07) is 7.68. The van der Waals surface area contributed by atoms with Crippen LogP contribution in [0.15, 0.2) is 34.2 Å². The summed E-state index contributed by atoms with van der Waals surface area (Å²) in [6.07, 6.45) is -3.35. The fourth-order valence-electron chi connectivity index (χ4n) is 2.81. The average molecular weight is 409 g/mol. The Balaban J connectivity index is 1.61. The summed E-state index contributed by atoms with van der Waals surface area (Å²) >= 11 is 7.57. The quantitative estimate of drug-likeness (QED) is 0.313. The average Bonchev–Trinajstić information content (AvgIpc) is 3.01. The van der Waals surface area contributed by atoms with Crippen LogP contribution < -0.4 is 10.6 Å². The Morgan fingerprint density at radius 3 is 2.69 bits per heavy atom. The van der Waals surface area contributed by atoms with Crippen LogP contribution in [0.2, 0.25) is 5.02 Å². The maximum Gasteiger partial charge on any atom is 0.401 e. The van der Waals surface area contributed by atoms with Gasteiger partial charge in [-0.05, 0) is 43.1 Å². The van der Waals surface area contributed by atoms with Gasteiger partial charge in [0, 0.05) is 42.4 Å². The summed E-state index contributed by atoms with van der Waals surface area (Å²) < 4.78 is 37.3. The van der Waals surface area contributed by atoms with Gasteiger partial charge in [0.2, 0.25) is 0 Å². The highest BCUT2D eigenvalue weighted by atomic mass is 35.5. The number of guanidine groups is 1. The zero-order valence-electron chi connectivity index (χ0n) is 14.7. The molecule has 2 rings (SSSR count). The molecule has 146 valence electrons. The molecule has 1 atom stereocenters. The Kier molecular flexibility index (Phi) is 8.37. The molecule has 1 aliphatic rings. The van der Waals surface area contributed by atoms with Crippen molar-refractivity contribution in [3.63, 3.8) is 0 Å². The van der Waals surface area contributed by atoms with E-state index in [2.05, 4.69) is 15.6 Å². The van der Waals surface area contributed by atoms with Gasteiger partial charge in [0.25, 0.3) is 0 Å². The minimum absolute atomic E-state index is 0.208. The maximum atomic E-state index is 12.4. The number of hydrogen-bond acceptors (Lipinski definition) is 3. The lowest BCUT2D eigenvalue weighted by Crippen LogP contribution is -2.41. The van der Waals surface area contributed by atoms with Gasteiger partial charge in [0.1, 0.15) is 0 Å². The van der Waals surface area contributed by atoms with Crippen LogP contribution in [0.3, 0.4) is 0 Å². The summed E-state index contributed by atoms with van der Waals surface area (Å²) in [7, 11) is 1.69. The van der Waals surface area contributed by atoms with E-state index in [1.54, 1.807) is 18.8 Å². The number of benzene rings is 1. The number of halogens is 4. The van der Waals surface area contributed by atoms with Gasteiger partial charge in [-0.3, -0.25) is 9.89 Å². The molecule has 1 aromatic rings. The van der Waals surface area contributed by atoms with E-state index in [1.165, 1.54) is 4.90 Å². The van der Waals surface area contributed by atoms with Gasteiger partial charge in [-0.15, -0.1) is 11.8 Å². The number of nitrogens with one attached hydrogen (secondary N) is 2. The molecule has 9 heteroatoms. The molecule has 1 aliphatic heterocycles. The molecular formula is C17H24ClF3N4S. The summed E-state index contributed by atoms with van der Waals surface area (Å²) in [6.45, 7) is 1.50. The van der Waals surface area contributed by atoms with Gasteiger partial charge in [-0.1, -0.05) is 11.6 Å². The summed E-state index contributed by atoms with van der Waals surface area (Å²) in [5.41, 5.74) is 0. The van der Waals surface area contributed by atoms with Crippen LogP contribution >= 0.6 is 23.4 Å². The molecular weight excluding hydrogens is 385 g/mol. The van der Waals surface area contributed by atoms with Crippen LogP contribution in [0.1, 0.15) is 6.42 Å². The Bertz CT molecular complexity index is 580. The lowest BCUT2D eigenvalue weighted by molar-refractivity contribution is -0.143. The summed E-state index contributed by atoms with van der Waals surface area (Å²) in [5, 5.41) is 7.15. The van der Waals surface area contributed by atoms with Crippen LogP contribution in [0, 0.1) is 5.92 Å². The van der Waals surface area contributed by atoms with Crippen molar-refractivity contribution in [1.82, 2.24) is 15.5 Å². The Hall–Kier alpha value is -1.12. The number of alkyl halides is 3. The number of rotatable bonds is 7. The molecule has 1 unspecified atom stereocenters. The first-order valence-electron chi connectivity index (χ1n) is 8.48. The monoisotopic (exact) mass is 408 g/mol. The molecule has 1 fully saturated rings. The third-order valence-electron chi connectivity index (χ3n) is 4.03. The third kappa shape index (κ3) is 8.05. The maximum absolute atomic E-state index is 12.4. The van der Waals surface area contributed by atoms with Crippen LogP contribution in [-0.4, -0.2) is 62.6 Å². The van der Waals surface area contributed by atoms with Gasteiger partial charge in [0.05, 0.1) is 6.54 Å². The van der Waals surface area contributed by atoms with E-state index in [1.807, 2.05) is 24.3 Å². The number of thioether (sulfide) groups is 1. The molecule has 0 saturated carbocycles. The Morgan fingerprint density at radius 1 is 1.31 bits per heavy atom. The SMILES string of the molecule is CN=C(NCCSc1ccc(Cl)cc1)NCC1CCN(CC(F)(F)F)C1.